The molecule has 2 rings (SSSR count). The predicted octanol–water partition coefficient (Wildman–Crippen LogP) is 1.63. The first-order chi connectivity index (χ1) is 8.52. The Labute approximate surface area is 111 Å². The van der Waals surface area contributed by atoms with Crippen LogP contribution in [0.25, 0.3) is 0 Å². The molecule has 0 aliphatic heterocycles. The van der Waals surface area contributed by atoms with E-state index < -0.39 is 0 Å². The van der Waals surface area contributed by atoms with Crippen LogP contribution in [0.2, 0.25) is 5.15 Å². The summed E-state index contributed by atoms with van der Waals surface area (Å²) in [6.45, 7) is 4.61. The summed E-state index contributed by atoms with van der Waals surface area (Å²) in [6.07, 6.45) is 2.22. The molecule has 98 valence electrons. The summed E-state index contributed by atoms with van der Waals surface area (Å²) in [5.41, 5.74) is 6.04. The second kappa shape index (κ2) is 5.10. The number of carbonyl (C=O) groups is 1. The number of anilines is 1. The van der Waals surface area contributed by atoms with Crippen molar-refractivity contribution >= 4 is 23.3 Å². The summed E-state index contributed by atoms with van der Waals surface area (Å²) in [5.74, 6) is 1.55. The molecule has 0 atom stereocenters. The Morgan fingerprint density at radius 1 is 1.50 bits per heavy atom. The quantitative estimate of drug-likeness (QED) is 0.824. The standard InChI is InChI=1S/C12H17ClN4O/c1-3-17(6-9(14)18)12-7(2)10(13)15-11(16-12)8-4-5-8/h8H,3-6H2,1-2H3,(H2,14,18). The molecule has 0 spiro atoms. The fourth-order valence-electron chi connectivity index (χ4n) is 1.85. The summed E-state index contributed by atoms with van der Waals surface area (Å²) in [7, 11) is 0. The summed E-state index contributed by atoms with van der Waals surface area (Å²) in [4.78, 5) is 21.7. The van der Waals surface area contributed by atoms with Crippen LogP contribution in [0.5, 0.6) is 0 Å². The lowest BCUT2D eigenvalue weighted by molar-refractivity contribution is -0.116. The molecule has 1 saturated carbocycles. The zero-order valence-electron chi connectivity index (χ0n) is 10.6. The number of amides is 1. The van der Waals surface area contributed by atoms with Gasteiger partial charge in [0, 0.05) is 18.0 Å². The van der Waals surface area contributed by atoms with Crippen LogP contribution in [0, 0.1) is 6.92 Å². The molecule has 1 fully saturated rings. The molecule has 0 aromatic carbocycles. The Morgan fingerprint density at radius 2 is 2.17 bits per heavy atom. The van der Waals surface area contributed by atoms with E-state index in [-0.39, 0.29) is 12.5 Å². The van der Waals surface area contributed by atoms with E-state index in [2.05, 4.69) is 9.97 Å². The third-order valence-corrected chi connectivity index (χ3v) is 3.42. The van der Waals surface area contributed by atoms with Crippen molar-refractivity contribution in [2.75, 3.05) is 18.0 Å². The number of hydrogen-bond donors (Lipinski definition) is 1. The van der Waals surface area contributed by atoms with Gasteiger partial charge < -0.3 is 10.6 Å². The Kier molecular flexibility index (Phi) is 3.71. The van der Waals surface area contributed by atoms with E-state index in [0.29, 0.717) is 17.6 Å². The number of halogens is 1. The van der Waals surface area contributed by atoms with Gasteiger partial charge in [0.25, 0.3) is 0 Å². The summed E-state index contributed by atoms with van der Waals surface area (Å²) in [5, 5.41) is 0.463. The number of hydrogen-bond acceptors (Lipinski definition) is 4. The van der Waals surface area contributed by atoms with Gasteiger partial charge in [0.2, 0.25) is 5.91 Å². The average molecular weight is 269 g/mol. The van der Waals surface area contributed by atoms with E-state index >= 15 is 0 Å². The van der Waals surface area contributed by atoms with E-state index in [9.17, 15) is 4.79 Å². The summed E-state index contributed by atoms with van der Waals surface area (Å²) in [6, 6.07) is 0. The number of likely N-dealkylation sites (N-methyl/N-ethyl adjacent to an activating group) is 1. The first-order valence-corrected chi connectivity index (χ1v) is 6.48. The van der Waals surface area contributed by atoms with Crippen LogP contribution in [-0.2, 0) is 4.79 Å². The number of nitrogens with two attached hydrogens (primary N) is 1. The van der Waals surface area contributed by atoms with Gasteiger partial charge in [-0.15, -0.1) is 0 Å². The van der Waals surface area contributed by atoms with Gasteiger partial charge in [0.1, 0.15) is 16.8 Å². The molecule has 0 unspecified atom stereocenters. The smallest absolute Gasteiger partial charge is 0.236 e. The molecule has 1 heterocycles. The van der Waals surface area contributed by atoms with Crippen LogP contribution < -0.4 is 10.6 Å². The van der Waals surface area contributed by atoms with Crippen molar-refractivity contribution in [3.8, 4) is 0 Å². The third-order valence-electron chi connectivity index (χ3n) is 3.05. The molecule has 1 aromatic heterocycles. The fourth-order valence-corrected chi connectivity index (χ4v) is 2.02. The van der Waals surface area contributed by atoms with E-state index in [0.717, 1.165) is 30.0 Å². The highest BCUT2D eigenvalue weighted by molar-refractivity contribution is 6.30. The first kappa shape index (κ1) is 13.1. The molecule has 1 amide bonds. The SMILES string of the molecule is CCN(CC(N)=O)c1nc(C2CC2)nc(Cl)c1C. The van der Waals surface area contributed by atoms with Crippen molar-refractivity contribution in [3.63, 3.8) is 0 Å². The highest BCUT2D eigenvalue weighted by Crippen LogP contribution is 2.39. The number of primary amides is 1. The summed E-state index contributed by atoms with van der Waals surface area (Å²) >= 11 is 6.13. The van der Waals surface area contributed by atoms with Crippen LogP contribution in [0.1, 0.15) is 37.1 Å². The van der Waals surface area contributed by atoms with Gasteiger partial charge in [-0.05, 0) is 26.7 Å². The predicted molar refractivity (Wildman–Crippen MR) is 70.8 cm³/mol. The lowest BCUT2D eigenvalue weighted by atomic mass is 10.3. The maximum atomic E-state index is 11.1. The van der Waals surface area contributed by atoms with Crippen molar-refractivity contribution in [2.24, 2.45) is 5.73 Å². The zero-order chi connectivity index (χ0) is 13.3. The van der Waals surface area contributed by atoms with Crippen molar-refractivity contribution in [1.29, 1.82) is 0 Å². The molecule has 6 heteroatoms. The van der Waals surface area contributed by atoms with Crippen molar-refractivity contribution in [1.82, 2.24) is 9.97 Å². The molecular weight excluding hydrogens is 252 g/mol. The normalized spacial score (nSPS) is 14.6. The van der Waals surface area contributed by atoms with Gasteiger partial charge in [-0.1, -0.05) is 11.6 Å². The lowest BCUT2D eigenvalue weighted by Crippen LogP contribution is -2.35. The van der Waals surface area contributed by atoms with Crippen LogP contribution in [-0.4, -0.2) is 29.0 Å². The van der Waals surface area contributed by atoms with Gasteiger partial charge in [-0.3, -0.25) is 4.79 Å². The molecule has 1 aliphatic rings. The Hall–Kier alpha value is -1.36. The molecule has 0 bridgehead atoms. The van der Waals surface area contributed by atoms with E-state index in [4.69, 9.17) is 17.3 Å². The minimum Gasteiger partial charge on any atom is -0.368 e. The largest absolute Gasteiger partial charge is 0.368 e. The first-order valence-electron chi connectivity index (χ1n) is 6.10. The molecule has 1 aliphatic carbocycles. The maximum absolute atomic E-state index is 11.1. The van der Waals surface area contributed by atoms with Gasteiger partial charge >= 0.3 is 0 Å². The molecule has 2 N–H and O–H groups in total. The number of rotatable bonds is 5. The Bertz CT molecular complexity index is 473. The second-order valence-electron chi connectivity index (χ2n) is 4.58. The zero-order valence-corrected chi connectivity index (χ0v) is 11.4. The molecule has 1 aromatic rings. The Morgan fingerprint density at radius 3 is 2.67 bits per heavy atom. The van der Waals surface area contributed by atoms with Crippen molar-refractivity contribution < 1.29 is 4.79 Å². The van der Waals surface area contributed by atoms with Gasteiger partial charge in [-0.25, -0.2) is 9.97 Å². The monoisotopic (exact) mass is 268 g/mol. The van der Waals surface area contributed by atoms with E-state index in [1.807, 2.05) is 18.7 Å². The fraction of sp³-hybridized carbons (Fsp3) is 0.583. The highest BCUT2D eigenvalue weighted by atomic mass is 35.5. The second-order valence-corrected chi connectivity index (χ2v) is 4.93. The van der Waals surface area contributed by atoms with E-state index in [1.54, 1.807) is 0 Å². The molecule has 18 heavy (non-hydrogen) atoms. The minimum absolute atomic E-state index is 0.148. The van der Waals surface area contributed by atoms with Gasteiger partial charge in [0.05, 0.1) is 6.54 Å². The number of aromatic nitrogens is 2. The number of nitrogens with zero attached hydrogens (tertiary/aromatic N) is 3. The number of carbonyl (C=O) groups excluding carboxylic acids is 1. The van der Waals surface area contributed by atoms with Crippen LogP contribution in [0.3, 0.4) is 0 Å². The third kappa shape index (κ3) is 2.72. The van der Waals surface area contributed by atoms with E-state index in [1.165, 1.54) is 0 Å². The van der Waals surface area contributed by atoms with Crippen molar-refractivity contribution in [2.45, 2.75) is 32.6 Å². The summed E-state index contributed by atoms with van der Waals surface area (Å²) < 4.78 is 0. The maximum Gasteiger partial charge on any atom is 0.236 e. The van der Waals surface area contributed by atoms with Crippen molar-refractivity contribution in [3.05, 3.63) is 16.5 Å². The van der Waals surface area contributed by atoms with Crippen LogP contribution in [0.15, 0.2) is 0 Å². The molecular formula is C12H17ClN4O. The molecule has 0 radical (unpaired) electrons. The molecule has 5 nitrogen and oxygen atoms in total. The van der Waals surface area contributed by atoms with Gasteiger partial charge in [0.15, 0.2) is 0 Å². The topological polar surface area (TPSA) is 72.1 Å². The minimum atomic E-state index is -0.376. The van der Waals surface area contributed by atoms with Crippen LogP contribution in [0.4, 0.5) is 5.82 Å². The Balaban J connectivity index is 2.37. The highest BCUT2D eigenvalue weighted by Gasteiger charge is 2.28. The lowest BCUT2D eigenvalue weighted by Gasteiger charge is -2.22. The van der Waals surface area contributed by atoms with Crippen LogP contribution >= 0.6 is 11.6 Å². The average Bonchev–Trinajstić information content (AvgIpc) is 3.13. The molecule has 0 saturated heterocycles. The van der Waals surface area contributed by atoms with Gasteiger partial charge in [-0.2, -0.15) is 0 Å².